The molecule has 1 aliphatic rings. The molecule has 0 aliphatic carbocycles. The number of rotatable bonds is 9. The monoisotopic (exact) mass is 524 g/mol. The van der Waals surface area contributed by atoms with Crippen molar-refractivity contribution < 1.29 is 14.3 Å². The van der Waals surface area contributed by atoms with Gasteiger partial charge in [-0.05, 0) is 55.2 Å². The Kier molecular flexibility index (Phi) is 7.95. The van der Waals surface area contributed by atoms with Crippen molar-refractivity contribution in [2.75, 3.05) is 32.6 Å². The van der Waals surface area contributed by atoms with E-state index < -0.39 is 0 Å². The normalized spacial score (nSPS) is 14.7. The summed E-state index contributed by atoms with van der Waals surface area (Å²) in [5.41, 5.74) is 2.57. The molecule has 188 valence electrons. The number of carbonyl (C=O) groups is 1. The molecule has 0 atom stereocenters. The predicted octanol–water partition coefficient (Wildman–Crippen LogP) is 4.29. The second-order valence-electron chi connectivity index (χ2n) is 8.31. The molecule has 0 unspecified atom stereocenters. The van der Waals surface area contributed by atoms with Crippen molar-refractivity contribution in [1.82, 2.24) is 14.3 Å². The zero-order chi connectivity index (χ0) is 25.8. The van der Waals surface area contributed by atoms with Crippen LogP contribution < -0.4 is 20.3 Å². The predicted molar refractivity (Wildman–Crippen MR) is 148 cm³/mol. The molecule has 4 rings (SSSR count). The zero-order valence-corrected chi connectivity index (χ0v) is 22.3. The van der Waals surface area contributed by atoms with Gasteiger partial charge in [-0.25, -0.2) is 4.98 Å². The topological polar surface area (TPSA) is 85.2 Å². The number of carbonyl (C=O) groups excluding carboxylic acids is 1. The molecule has 1 saturated heterocycles. The fraction of sp³-hybridized carbons (Fsp3) is 0.308. The largest absolute Gasteiger partial charge is 0.493 e. The molecule has 3 aromatic rings. The number of nitrogens with zero attached hydrogens (tertiary/aromatic N) is 3. The molecule has 2 aromatic heterocycles. The van der Waals surface area contributed by atoms with Crippen molar-refractivity contribution >= 4 is 51.7 Å². The van der Waals surface area contributed by atoms with E-state index in [1.54, 1.807) is 31.4 Å². The maximum absolute atomic E-state index is 13.4. The second-order valence-corrected chi connectivity index (χ2v) is 9.99. The summed E-state index contributed by atoms with van der Waals surface area (Å²) >= 11 is 6.71. The summed E-state index contributed by atoms with van der Waals surface area (Å²) in [5.74, 6) is 1.52. The number of thiocarbonyl (C=S) groups is 1. The number of aromatic nitrogens is 2. The van der Waals surface area contributed by atoms with Gasteiger partial charge in [0.15, 0.2) is 11.5 Å². The van der Waals surface area contributed by atoms with Crippen molar-refractivity contribution in [3.8, 4) is 11.5 Å². The molecule has 1 fully saturated rings. The summed E-state index contributed by atoms with van der Waals surface area (Å²) in [6.07, 6.45) is 4.81. The molecule has 1 N–H and O–H groups in total. The number of thioether (sulfide) groups is 1. The SMILES string of the molecule is CCCNc1nc2ccc(C)cn2c(=O)c1/C=C1/SC(=S)N(CCc2ccc(OC)c(OC)c2)C1=O. The number of hydrogen-bond donors (Lipinski definition) is 1. The highest BCUT2D eigenvalue weighted by Crippen LogP contribution is 2.34. The van der Waals surface area contributed by atoms with Crippen LogP contribution in [0.3, 0.4) is 0 Å². The molecule has 10 heteroatoms. The highest BCUT2D eigenvalue weighted by Gasteiger charge is 2.32. The maximum Gasteiger partial charge on any atom is 0.267 e. The van der Waals surface area contributed by atoms with Gasteiger partial charge >= 0.3 is 0 Å². The number of aryl methyl sites for hydroxylation is 1. The summed E-state index contributed by atoms with van der Waals surface area (Å²) in [7, 11) is 3.18. The molecule has 0 saturated carbocycles. The van der Waals surface area contributed by atoms with Gasteiger partial charge in [0.1, 0.15) is 15.8 Å². The smallest absolute Gasteiger partial charge is 0.267 e. The van der Waals surface area contributed by atoms with Crippen LogP contribution in [0.4, 0.5) is 5.82 Å². The standard InChI is InChI=1S/C26H28N4O4S2/c1-5-11-27-23-18(24(31)30-15-16(2)6-9-22(30)28-23)14-21-25(32)29(26(35)36-21)12-10-17-7-8-19(33-3)20(13-17)34-4/h6-9,13-15,27H,5,10-12H2,1-4H3/b21-14+. The van der Waals surface area contributed by atoms with Gasteiger partial charge in [-0.15, -0.1) is 0 Å². The number of benzene rings is 1. The Labute approximate surface area is 219 Å². The first-order valence-corrected chi connectivity index (χ1v) is 12.8. The minimum absolute atomic E-state index is 0.222. The molecule has 1 aromatic carbocycles. The number of amides is 1. The van der Waals surface area contributed by atoms with Gasteiger partial charge in [0.2, 0.25) is 0 Å². The lowest BCUT2D eigenvalue weighted by Crippen LogP contribution is -2.30. The fourth-order valence-electron chi connectivity index (χ4n) is 3.87. The zero-order valence-electron chi connectivity index (χ0n) is 20.7. The van der Waals surface area contributed by atoms with Crippen LogP contribution in [-0.2, 0) is 11.2 Å². The number of anilines is 1. The number of nitrogens with one attached hydrogen (secondary N) is 1. The highest BCUT2D eigenvalue weighted by molar-refractivity contribution is 8.26. The van der Waals surface area contributed by atoms with E-state index in [0.717, 1.165) is 17.5 Å². The minimum atomic E-state index is -0.238. The van der Waals surface area contributed by atoms with Gasteiger partial charge in [0.25, 0.3) is 11.5 Å². The van der Waals surface area contributed by atoms with Crippen LogP contribution in [0.5, 0.6) is 11.5 Å². The molecule has 3 heterocycles. The Balaban J connectivity index is 1.62. The van der Waals surface area contributed by atoms with Crippen molar-refractivity contribution in [3.05, 3.63) is 68.5 Å². The van der Waals surface area contributed by atoms with Crippen LogP contribution in [0.1, 0.15) is 30.0 Å². The highest BCUT2D eigenvalue weighted by atomic mass is 32.2. The third-order valence-electron chi connectivity index (χ3n) is 5.77. The van der Waals surface area contributed by atoms with Crippen molar-refractivity contribution in [3.63, 3.8) is 0 Å². The Morgan fingerprint density at radius 3 is 2.64 bits per heavy atom. The van der Waals surface area contributed by atoms with E-state index in [9.17, 15) is 9.59 Å². The molecule has 0 spiro atoms. The first-order valence-electron chi connectivity index (χ1n) is 11.6. The average molecular weight is 525 g/mol. The van der Waals surface area contributed by atoms with E-state index in [-0.39, 0.29) is 11.5 Å². The lowest BCUT2D eigenvalue weighted by Gasteiger charge is -2.15. The number of pyridine rings is 1. The number of hydrogen-bond acceptors (Lipinski definition) is 8. The molecule has 0 bridgehead atoms. The van der Waals surface area contributed by atoms with Gasteiger partial charge in [0.05, 0.1) is 24.7 Å². The first kappa shape index (κ1) is 25.7. The molecule has 1 aliphatic heterocycles. The van der Waals surface area contributed by atoms with Gasteiger partial charge in [-0.1, -0.05) is 43.0 Å². The van der Waals surface area contributed by atoms with Crippen LogP contribution in [0.2, 0.25) is 0 Å². The number of methoxy groups -OCH3 is 2. The van der Waals surface area contributed by atoms with E-state index in [2.05, 4.69) is 10.3 Å². The van der Waals surface area contributed by atoms with Crippen LogP contribution in [-0.4, -0.2) is 51.8 Å². The van der Waals surface area contributed by atoms with Crippen LogP contribution >= 0.6 is 24.0 Å². The summed E-state index contributed by atoms with van der Waals surface area (Å²) in [6.45, 7) is 5.01. The van der Waals surface area contributed by atoms with Gasteiger partial charge < -0.3 is 14.8 Å². The van der Waals surface area contributed by atoms with E-state index in [4.69, 9.17) is 21.7 Å². The third kappa shape index (κ3) is 5.24. The van der Waals surface area contributed by atoms with Crippen LogP contribution in [0.25, 0.3) is 11.7 Å². The van der Waals surface area contributed by atoms with E-state index >= 15 is 0 Å². The summed E-state index contributed by atoms with van der Waals surface area (Å²) < 4.78 is 12.6. The third-order valence-corrected chi connectivity index (χ3v) is 7.15. The summed E-state index contributed by atoms with van der Waals surface area (Å²) in [5, 5.41) is 3.23. The maximum atomic E-state index is 13.4. The van der Waals surface area contributed by atoms with Gasteiger partial charge in [0, 0.05) is 19.3 Å². The first-order chi connectivity index (χ1) is 17.4. The Morgan fingerprint density at radius 1 is 1.14 bits per heavy atom. The molecule has 0 radical (unpaired) electrons. The number of ether oxygens (including phenoxy) is 2. The molecule has 8 nitrogen and oxygen atoms in total. The van der Waals surface area contributed by atoms with Crippen LogP contribution in [0.15, 0.2) is 46.2 Å². The molecule has 36 heavy (non-hydrogen) atoms. The fourth-order valence-corrected chi connectivity index (χ4v) is 5.16. The minimum Gasteiger partial charge on any atom is -0.493 e. The number of fused-ring (bicyclic) bond motifs is 1. The molecular formula is C26H28N4O4S2. The van der Waals surface area contributed by atoms with Crippen LogP contribution in [0, 0.1) is 6.92 Å². The van der Waals surface area contributed by atoms with E-state index in [0.29, 0.717) is 57.3 Å². The lowest BCUT2D eigenvalue weighted by atomic mass is 10.1. The summed E-state index contributed by atoms with van der Waals surface area (Å²) in [6, 6.07) is 9.39. The van der Waals surface area contributed by atoms with Crippen molar-refractivity contribution in [1.29, 1.82) is 0 Å². The second kappa shape index (κ2) is 11.1. The van der Waals surface area contributed by atoms with Crippen molar-refractivity contribution in [2.45, 2.75) is 26.7 Å². The Morgan fingerprint density at radius 2 is 1.92 bits per heavy atom. The Hall–Kier alpha value is -3.37. The average Bonchev–Trinajstić information content (AvgIpc) is 3.15. The van der Waals surface area contributed by atoms with E-state index in [1.807, 2.05) is 44.2 Å². The molecular weight excluding hydrogens is 496 g/mol. The lowest BCUT2D eigenvalue weighted by molar-refractivity contribution is -0.122. The van der Waals surface area contributed by atoms with Crippen molar-refractivity contribution in [2.24, 2.45) is 0 Å². The quantitative estimate of drug-likeness (QED) is 0.328. The van der Waals surface area contributed by atoms with Gasteiger partial charge in [-0.3, -0.25) is 18.9 Å². The van der Waals surface area contributed by atoms with Gasteiger partial charge in [-0.2, -0.15) is 0 Å². The summed E-state index contributed by atoms with van der Waals surface area (Å²) in [4.78, 5) is 33.3. The van der Waals surface area contributed by atoms with E-state index in [1.165, 1.54) is 16.2 Å². The molecule has 1 amide bonds. The Bertz CT molecular complexity index is 1420.